The van der Waals surface area contributed by atoms with Gasteiger partial charge in [0, 0.05) is 24.4 Å². The molecular weight excluding hydrogens is 258 g/mol. The number of nitrogens with one attached hydrogen (secondary N) is 2. The van der Waals surface area contributed by atoms with Gasteiger partial charge in [-0.05, 0) is 19.8 Å². The lowest BCUT2D eigenvalue weighted by atomic mass is 10.2. The van der Waals surface area contributed by atoms with E-state index in [0.29, 0.717) is 30.5 Å². The number of nitrogen functional groups attached to an aromatic ring is 1. The van der Waals surface area contributed by atoms with Gasteiger partial charge < -0.3 is 15.3 Å². The van der Waals surface area contributed by atoms with Gasteiger partial charge in [0.05, 0.1) is 0 Å². The minimum atomic E-state index is 0.473. The van der Waals surface area contributed by atoms with Crippen LogP contribution in [0.15, 0.2) is 10.9 Å². The molecule has 3 rings (SSSR count). The van der Waals surface area contributed by atoms with E-state index in [9.17, 15) is 0 Å². The Morgan fingerprint density at radius 3 is 2.80 bits per heavy atom. The highest BCUT2D eigenvalue weighted by atomic mass is 16.5. The van der Waals surface area contributed by atoms with E-state index in [1.807, 2.05) is 6.92 Å². The van der Waals surface area contributed by atoms with Gasteiger partial charge in [-0.1, -0.05) is 5.16 Å². The molecule has 0 spiro atoms. The number of anilines is 2. The van der Waals surface area contributed by atoms with E-state index in [2.05, 4.69) is 30.9 Å². The lowest BCUT2D eigenvalue weighted by Gasteiger charge is -2.13. The van der Waals surface area contributed by atoms with Crippen molar-refractivity contribution in [2.24, 2.45) is 5.84 Å². The summed E-state index contributed by atoms with van der Waals surface area (Å²) in [4.78, 5) is 13.0. The van der Waals surface area contributed by atoms with Crippen molar-refractivity contribution in [3.8, 4) is 0 Å². The molecule has 1 aliphatic carbocycles. The summed E-state index contributed by atoms with van der Waals surface area (Å²) >= 11 is 0. The van der Waals surface area contributed by atoms with Crippen molar-refractivity contribution in [1.82, 2.24) is 20.1 Å². The second-order valence-electron chi connectivity index (χ2n) is 4.85. The summed E-state index contributed by atoms with van der Waals surface area (Å²) in [7, 11) is 0. The minimum absolute atomic E-state index is 0.473. The standard InChI is InChI=1S/C12H17N7O/c1-7-10(14-5-4-9-15-6-20-19-9)16-12(8-2-3-8)17-11(7)18-13/h6,8H,2-5,13H2,1H3,(H2,14,16,17,18). The Labute approximate surface area is 116 Å². The van der Waals surface area contributed by atoms with Crippen LogP contribution in [-0.4, -0.2) is 26.7 Å². The van der Waals surface area contributed by atoms with Crippen molar-refractivity contribution in [1.29, 1.82) is 0 Å². The molecule has 0 atom stereocenters. The molecule has 1 aliphatic rings. The first-order valence-electron chi connectivity index (χ1n) is 6.62. The van der Waals surface area contributed by atoms with E-state index < -0.39 is 0 Å². The van der Waals surface area contributed by atoms with E-state index in [-0.39, 0.29) is 0 Å². The molecule has 2 heterocycles. The zero-order valence-corrected chi connectivity index (χ0v) is 11.3. The molecule has 0 bridgehead atoms. The summed E-state index contributed by atoms with van der Waals surface area (Å²) in [5.41, 5.74) is 3.54. The maximum atomic E-state index is 5.51. The molecular formula is C12H17N7O. The highest BCUT2D eigenvalue weighted by molar-refractivity contribution is 5.57. The van der Waals surface area contributed by atoms with Gasteiger partial charge >= 0.3 is 0 Å². The molecule has 2 aromatic heterocycles. The maximum absolute atomic E-state index is 5.51. The normalized spacial score (nSPS) is 14.3. The van der Waals surface area contributed by atoms with Crippen LogP contribution >= 0.6 is 0 Å². The van der Waals surface area contributed by atoms with Crippen molar-refractivity contribution in [2.45, 2.75) is 32.1 Å². The molecule has 1 fully saturated rings. The Hall–Kier alpha value is -2.22. The summed E-state index contributed by atoms with van der Waals surface area (Å²) in [6.45, 7) is 2.61. The zero-order valence-electron chi connectivity index (χ0n) is 11.3. The first kappa shape index (κ1) is 12.8. The van der Waals surface area contributed by atoms with Crippen LogP contribution in [0, 0.1) is 6.92 Å². The SMILES string of the molecule is Cc1c(NN)nc(C2CC2)nc1NCCc1ncon1. The Bertz CT molecular complexity index is 580. The molecule has 2 aromatic rings. The fraction of sp³-hybridized carbons (Fsp3) is 0.500. The molecule has 4 N–H and O–H groups in total. The van der Waals surface area contributed by atoms with Crippen molar-refractivity contribution in [2.75, 3.05) is 17.3 Å². The number of hydrogen-bond donors (Lipinski definition) is 3. The van der Waals surface area contributed by atoms with Gasteiger partial charge in [-0.25, -0.2) is 15.8 Å². The van der Waals surface area contributed by atoms with Crippen LogP contribution in [0.25, 0.3) is 0 Å². The molecule has 0 amide bonds. The van der Waals surface area contributed by atoms with Gasteiger partial charge in [-0.3, -0.25) is 0 Å². The largest absolute Gasteiger partial charge is 0.369 e. The summed E-state index contributed by atoms with van der Waals surface area (Å²) < 4.78 is 4.70. The average Bonchev–Trinajstić information content (AvgIpc) is 3.18. The molecule has 0 saturated heterocycles. The van der Waals surface area contributed by atoms with Crippen molar-refractivity contribution in [3.05, 3.63) is 23.6 Å². The van der Waals surface area contributed by atoms with Crippen LogP contribution < -0.4 is 16.6 Å². The highest BCUT2D eigenvalue weighted by Gasteiger charge is 2.28. The summed E-state index contributed by atoms with van der Waals surface area (Å²) in [6.07, 6.45) is 4.29. The van der Waals surface area contributed by atoms with Crippen LogP contribution in [0.3, 0.4) is 0 Å². The summed E-state index contributed by atoms with van der Waals surface area (Å²) in [5.74, 6) is 8.98. The van der Waals surface area contributed by atoms with E-state index in [0.717, 1.165) is 30.0 Å². The number of aromatic nitrogens is 4. The van der Waals surface area contributed by atoms with Gasteiger partial charge in [0.25, 0.3) is 0 Å². The third-order valence-electron chi connectivity index (χ3n) is 3.29. The molecule has 8 heteroatoms. The Morgan fingerprint density at radius 2 is 2.15 bits per heavy atom. The highest BCUT2D eigenvalue weighted by Crippen LogP contribution is 2.39. The zero-order chi connectivity index (χ0) is 13.9. The lowest BCUT2D eigenvalue weighted by molar-refractivity contribution is 0.410. The number of nitrogens with two attached hydrogens (primary N) is 1. The summed E-state index contributed by atoms with van der Waals surface area (Å²) in [6, 6.07) is 0. The lowest BCUT2D eigenvalue weighted by Crippen LogP contribution is -2.16. The van der Waals surface area contributed by atoms with E-state index in [1.165, 1.54) is 6.39 Å². The molecule has 1 saturated carbocycles. The van der Waals surface area contributed by atoms with Crippen LogP contribution in [0.4, 0.5) is 11.6 Å². The van der Waals surface area contributed by atoms with E-state index in [4.69, 9.17) is 10.4 Å². The average molecular weight is 275 g/mol. The molecule has 20 heavy (non-hydrogen) atoms. The van der Waals surface area contributed by atoms with Gasteiger partial charge in [0.15, 0.2) is 5.82 Å². The van der Waals surface area contributed by atoms with Crippen LogP contribution in [0.2, 0.25) is 0 Å². The smallest absolute Gasteiger partial charge is 0.213 e. The van der Waals surface area contributed by atoms with Crippen LogP contribution in [0.1, 0.15) is 36.0 Å². The molecule has 0 aliphatic heterocycles. The van der Waals surface area contributed by atoms with Gasteiger partial charge in [-0.2, -0.15) is 4.98 Å². The van der Waals surface area contributed by atoms with Crippen LogP contribution in [0.5, 0.6) is 0 Å². The fourth-order valence-corrected chi connectivity index (χ4v) is 1.97. The van der Waals surface area contributed by atoms with Gasteiger partial charge in [0.2, 0.25) is 6.39 Å². The van der Waals surface area contributed by atoms with Gasteiger partial charge in [0.1, 0.15) is 17.5 Å². The van der Waals surface area contributed by atoms with Crippen LogP contribution in [-0.2, 0) is 6.42 Å². The molecule has 0 radical (unpaired) electrons. The topological polar surface area (TPSA) is 115 Å². The molecule has 106 valence electrons. The second kappa shape index (κ2) is 5.41. The van der Waals surface area contributed by atoms with Crippen molar-refractivity contribution >= 4 is 11.6 Å². The van der Waals surface area contributed by atoms with E-state index in [1.54, 1.807) is 0 Å². The minimum Gasteiger partial charge on any atom is -0.369 e. The van der Waals surface area contributed by atoms with E-state index >= 15 is 0 Å². The second-order valence-corrected chi connectivity index (χ2v) is 4.85. The number of rotatable bonds is 6. The number of nitrogens with zero attached hydrogens (tertiary/aromatic N) is 4. The molecule has 0 aromatic carbocycles. The molecule has 8 nitrogen and oxygen atoms in total. The van der Waals surface area contributed by atoms with Crippen molar-refractivity contribution in [3.63, 3.8) is 0 Å². The third-order valence-corrected chi connectivity index (χ3v) is 3.29. The predicted octanol–water partition coefficient (Wildman–Crippen LogP) is 0.986. The Kier molecular flexibility index (Phi) is 3.46. The first-order chi connectivity index (χ1) is 9.78. The third kappa shape index (κ3) is 2.69. The predicted molar refractivity (Wildman–Crippen MR) is 73.0 cm³/mol. The first-order valence-corrected chi connectivity index (χ1v) is 6.62. The maximum Gasteiger partial charge on any atom is 0.213 e. The Morgan fingerprint density at radius 1 is 1.35 bits per heavy atom. The van der Waals surface area contributed by atoms with Crippen molar-refractivity contribution < 1.29 is 4.52 Å². The molecule has 0 unspecified atom stereocenters. The summed E-state index contributed by atoms with van der Waals surface area (Å²) in [5, 5.41) is 7.05. The number of hydrogen-bond acceptors (Lipinski definition) is 8. The fourth-order valence-electron chi connectivity index (χ4n) is 1.97. The monoisotopic (exact) mass is 275 g/mol. The van der Waals surface area contributed by atoms with Gasteiger partial charge in [-0.15, -0.1) is 0 Å². The quantitative estimate of drug-likeness (QED) is 0.528. The number of hydrazine groups is 1. The Balaban J connectivity index is 1.72.